The van der Waals surface area contributed by atoms with E-state index in [-0.39, 0.29) is 5.91 Å². The molecule has 0 spiro atoms. The monoisotopic (exact) mass is 289 g/mol. The SMILES string of the molecule is CC1CCc2c(C(=O)N(C)Cc3ncc[nH]3)csc2C1. The van der Waals surface area contributed by atoms with Crippen LogP contribution < -0.4 is 0 Å². The van der Waals surface area contributed by atoms with Crippen LogP contribution in [0, 0.1) is 5.92 Å². The summed E-state index contributed by atoms with van der Waals surface area (Å²) in [5.74, 6) is 1.66. The number of aromatic amines is 1. The lowest BCUT2D eigenvalue weighted by molar-refractivity contribution is 0.0781. The minimum absolute atomic E-state index is 0.105. The van der Waals surface area contributed by atoms with Gasteiger partial charge in [-0.25, -0.2) is 4.98 Å². The molecule has 3 rings (SSSR count). The van der Waals surface area contributed by atoms with Gasteiger partial charge in [-0.1, -0.05) is 6.92 Å². The first kappa shape index (κ1) is 13.4. The lowest BCUT2D eigenvalue weighted by Crippen LogP contribution is -2.27. The number of carbonyl (C=O) groups excluding carboxylic acids is 1. The van der Waals surface area contributed by atoms with Crippen LogP contribution in [0.4, 0.5) is 0 Å². The maximum Gasteiger partial charge on any atom is 0.255 e. The number of hydrogen-bond donors (Lipinski definition) is 1. The van der Waals surface area contributed by atoms with Gasteiger partial charge in [0.15, 0.2) is 0 Å². The largest absolute Gasteiger partial charge is 0.347 e. The lowest BCUT2D eigenvalue weighted by atomic mass is 9.88. The predicted octanol–water partition coefficient (Wildman–Crippen LogP) is 2.87. The summed E-state index contributed by atoms with van der Waals surface area (Å²) in [4.78, 5) is 22.9. The van der Waals surface area contributed by atoms with Gasteiger partial charge in [-0.3, -0.25) is 4.79 Å². The smallest absolute Gasteiger partial charge is 0.255 e. The van der Waals surface area contributed by atoms with Gasteiger partial charge in [0.2, 0.25) is 0 Å². The van der Waals surface area contributed by atoms with Crippen LogP contribution in [0.1, 0.15) is 40.0 Å². The average Bonchev–Trinajstić information content (AvgIpc) is 3.06. The Kier molecular flexibility index (Phi) is 3.61. The molecule has 1 amide bonds. The van der Waals surface area contributed by atoms with Crippen molar-refractivity contribution >= 4 is 17.2 Å². The van der Waals surface area contributed by atoms with E-state index in [2.05, 4.69) is 16.9 Å². The van der Waals surface area contributed by atoms with Gasteiger partial charge in [-0.15, -0.1) is 11.3 Å². The summed E-state index contributed by atoms with van der Waals surface area (Å²) < 4.78 is 0. The molecular formula is C15H19N3OS. The summed E-state index contributed by atoms with van der Waals surface area (Å²) in [7, 11) is 1.83. The van der Waals surface area contributed by atoms with Crippen LogP contribution >= 0.6 is 11.3 Å². The van der Waals surface area contributed by atoms with Crippen LogP contribution in [-0.2, 0) is 19.4 Å². The minimum Gasteiger partial charge on any atom is -0.347 e. The van der Waals surface area contributed by atoms with Crippen molar-refractivity contribution in [2.75, 3.05) is 7.05 Å². The van der Waals surface area contributed by atoms with Gasteiger partial charge in [0.05, 0.1) is 12.1 Å². The summed E-state index contributed by atoms with van der Waals surface area (Å²) in [5.41, 5.74) is 2.18. The molecule has 5 heteroatoms. The molecule has 0 fully saturated rings. The molecule has 0 bridgehead atoms. The van der Waals surface area contributed by atoms with Crippen molar-refractivity contribution in [3.05, 3.63) is 39.6 Å². The van der Waals surface area contributed by atoms with Gasteiger partial charge in [0.1, 0.15) is 5.82 Å². The van der Waals surface area contributed by atoms with Crippen LogP contribution in [0.2, 0.25) is 0 Å². The van der Waals surface area contributed by atoms with Crippen molar-refractivity contribution in [2.24, 2.45) is 5.92 Å². The Labute approximate surface area is 122 Å². The fourth-order valence-electron chi connectivity index (χ4n) is 2.74. The molecule has 106 valence electrons. The second kappa shape index (κ2) is 5.40. The Morgan fingerprint density at radius 2 is 2.45 bits per heavy atom. The zero-order chi connectivity index (χ0) is 14.1. The van der Waals surface area contributed by atoms with E-state index in [9.17, 15) is 4.79 Å². The van der Waals surface area contributed by atoms with E-state index in [0.29, 0.717) is 6.54 Å². The zero-order valence-corrected chi connectivity index (χ0v) is 12.7. The Balaban J connectivity index is 1.77. The quantitative estimate of drug-likeness (QED) is 0.944. The Morgan fingerprint density at radius 3 is 3.20 bits per heavy atom. The van der Waals surface area contributed by atoms with Gasteiger partial charge in [0.25, 0.3) is 5.91 Å². The van der Waals surface area contributed by atoms with Crippen LogP contribution in [0.25, 0.3) is 0 Å². The van der Waals surface area contributed by atoms with Crippen LogP contribution in [0.15, 0.2) is 17.8 Å². The number of fused-ring (bicyclic) bond motifs is 1. The molecule has 0 aliphatic heterocycles. The third-order valence-corrected chi connectivity index (χ3v) is 4.97. The Bertz CT molecular complexity index is 603. The molecule has 1 N–H and O–H groups in total. The van der Waals surface area contributed by atoms with Crippen molar-refractivity contribution in [1.82, 2.24) is 14.9 Å². The van der Waals surface area contributed by atoms with Crippen molar-refractivity contribution in [3.8, 4) is 0 Å². The highest BCUT2D eigenvalue weighted by Gasteiger charge is 2.24. The van der Waals surface area contributed by atoms with Gasteiger partial charge in [0, 0.05) is 29.7 Å². The summed E-state index contributed by atoms with van der Waals surface area (Å²) in [6.07, 6.45) is 6.83. The molecule has 2 aromatic rings. The number of amides is 1. The number of aromatic nitrogens is 2. The molecule has 2 aromatic heterocycles. The first-order valence-corrected chi connectivity index (χ1v) is 7.86. The van der Waals surface area contributed by atoms with E-state index in [1.54, 1.807) is 28.6 Å². The third kappa shape index (κ3) is 2.50. The van der Waals surface area contributed by atoms with Gasteiger partial charge in [-0.05, 0) is 30.7 Å². The van der Waals surface area contributed by atoms with E-state index in [0.717, 1.165) is 30.1 Å². The molecular weight excluding hydrogens is 270 g/mol. The fraction of sp³-hybridized carbons (Fsp3) is 0.467. The minimum atomic E-state index is 0.105. The topological polar surface area (TPSA) is 49.0 Å². The van der Waals surface area contributed by atoms with E-state index in [4.69, 9.17) is 0 Å². The standard InChI is InChI=1S/C15H19N3OS/c1-10-3-4-11-12(9-20-13(11)7-10)15(19)18(2)8-14-16-5-6-17-14/h5-6,9-10H,3-4,7-8H2,1-2H3,(H,16,17). The van der Waals surface area contributed by atoms with Crippen molar-refractivity contribution in [1.29, 1.82) is 0 Å². The predicted molar refractivity (Wildman–Crippen MR) is 79.9 cm³/mol. The highest BCUT2D eigenvalue weighted by atomic mass is 32.1. The maximum absolute atomic E-state index is 12.6. The van der Waals surface area contributed by atoms with E-state index in [1.807, 2.05) is 12.4 Å². The average molecular weight is 289 g/mol. The normalized spacial score (nSPS) is 17.8. The molecule has 1 aliphatic carbocycles. The van der Waals surface area contributed by atoms with E-state index < -0.39 is 0 Å². The first-order chi connectivity index (χ1) is 9.65. The van der Waals surface area contributed by atoms with Crippen LogP contribution in [0.3, 0.4) is 0 Å². The second-order valence-electron chi connectivity index (χ2n) is 5.60. The number of nitrogens with zero attached hydrogens (tertiary/aromatic N) is 2. The molecule has 0 saturated carbocycles. The molecule has 0 aromatic carbocycles. The summed E-state index contributed by atoms with van der Waals surface area (Å²) in [5, 5.41) is 2.03. The number of imidazole rings is 1. The molecule has 0 saturated heterocycles. The third-order valence-electron chi connectivity index (χ3n) is 3.92. The summed E-state index contributed by atoms with van der Waals surface area (Å²) in [6, 6.07) is 0. The number of H-pyrrole nitrogens is 1. The van der Waals surface area contributed by atoms with Crippen molar-refractivity contribution in [2.45, 2.75) is 32.7 Å². The molecule has 2 heterocycles. The Morgan fingerprint density at radius 1 is 1.60 bits per heavy atom. The van der Waals surface area contributed by atoms with Crippen LogP contribution in [-0.4, -0.2) is 27.8 Å². The maximum atomic E-state index is 12.6. The summed E-state index contributed by atoms with van der Waals surface area (Å²) in [6.45, 7) is 2.81. The molecule has 1 atom stereocenters. The molecule has 4 nitrogen and oxygen atoms in total. The van der Waals surface area contributed by atoms with E-state index in [1.165, 1.54) is 16.9 Å². The molecule has 20 heavy (non-hydrogen) atoms. The van der Waals surface area contributed by atoms with Crippen molar-refractivity contribution in [3.63, 3.8) is 0 Å². The van der Waals surface area contributed by atoms with Gasteiger partial charge >= 0.3 is 0 Å². The molecule has 1 aliphatic rings. The number of thiophene rings is 1. The lowest BCUT2D eigenvalue weighted by Gasteiger charge is -2.21. The summed E-state index contributed by atoms with van der Waals surface area (Å²) >= 11 is 1.74. The Hall–Kier alpha value is -1.62. The first-order valence-electron chi connectivity index (χ1n) is 6.98. The van der Waals surface area contributed by atoms with Gasteiger partial charge in [-0.2, -0.15) is 0 Å². The number of nitrogens with one attached hydrogen (secondary N) is 1. The number of rotatable bonds is 3. The zero-order valence-electron chi connectivity index (χ0n) is 11.8. The highest BCUT2D eigenvalue weighted by molar-refractivity contribution is 7.10. The van der Waals surface area contributed by atoms with Crippen molar-refractivity contribution < 1.29 is 4.79 Å². The molecule has 1 unspecified atom stereocenters. The number of carbonyl (C=O) groups is 1. The van der Waals surface area contributed by atoms with Crippen LogP contribution in [0.5, 0.6) is 0 Å². The highest BCUT2D eigenvalue weighted by Crippen LogP contribution is 2.33. The fourth-order valence-corrected chi connectivity index (χ4v) is 3.98. The molecule has 0 radical (unpaired) electrons. The number of hydrogen-bond acceptors (Lipinski definition) is 3. The second-order valence-corrected chi connectivity index (χ2v) is 6.56. The van der Waals surface area contributed by atoms with E-state index >= 15 is 0 Å². The van der Waals surface area contributed by atoms with Gasteiger partial charge < -0.3 is 9.88 Å².